The number of hydrogen-bond donors (Lipinski definition) is 1. The molecule has 4 aromatic carbocycles. The second-order valence-corrected chi connectivity index (χ2v) is 26.0. The standard InChI is InChI=1S/C63H94O10P2/c1-62(2,3)73-61(66)63(60(64)65,48-36-20-16-12-8-4-6-10-14-18-22-38-50-74(67,69-52-56-40-28-24-29-41-56)70-53-57-42-30-25-31-43-57)49-37-21-17-13-9-5-7-11-15-19-23-39-51-75(68,71-54-58-44-32-26-33-45-58)72-55-59-46-34-27-35-47-59/h24-35,40-47H,4-23,36-39,48-55H2,1-3H3,(H,64,65). The Kier molecular flexibility index (Phi) is 31.4. The molecule has 0 fully saturated rings. The second kappa shape index (κ2) is 37.0. The van der Waals surface area contributed by atoms with Crippen LogP contribution in [0, 0.1) is 5.41 Å². The number of rotatable bonds is 44. The topological polar surface area (TPSA) is 135 Å². The van der Waals surface area contributed by atoms with E-state index in [1.54, 1.807) is 20.8 Å². The van der Waals surface area contributed by atoms with Crippen LogP contribution in [0.2, 0.25) is 0 Å². The molecule has 0 aliphatic carbocycles. The zero-order valence-electron chi connectivity index (χ0n) is 46.2. The highest BCUT2D eigenvalue weighted by Crippen LogP contribution is 2.51. The van der Waals surface area contributed by atoms with Crippen LogP contribution in [0.15, 0.2) is 121 Å². The van der Waals surface area contributed by atoms with Gasteiger partial charge in [-0.2, -0.15) is 0 Å². The highest BCUT2D eigenvalue weighted by atomic mass is 31.2. The fourth-order valence-corrected chi connectivity index (χ4v) is 12.6. The predicted octanol–water partition coefficient (Wildman–Crippen LogP) is 18.8. The van der Waals surface area contributed by atoms with Gasteiger partial charge in [-0.15, -0.1) is 0 Å². The first-order valence-electron chi connectivity index (χ1n) is 28.7. The summed E-state index contributed by atoms with van der Waals surface area (Å²) in [6, 6.07) is 39.2. The smallest absolute Gasteiger partial charge is 0.331 e. The molecule has 416 valence electrons. The van der Waals surface area contributed by atoms with Gasteiger partial charge in [0.2, 0.25) is 0 Å². The summed E-state index contributed by atoms with van der Waals surface area (Å²) < 4.78 is 57.0. The van der Waals surface area contributed by atoms with Crippen LogP contribution >= 0.6 is 15.2 Å². The first kappa shape index (κ1) is 63.7. The molecule has 0 atom stereocenters. The van der Waals surface area contributed by atoms with E-state index >= 15 is 0 Å². The van der Waals surface area contributed by atoms with Crippen molar-refractivity contribution in [1.82, 2.24) is 0 Å². The quantitative estimate of drug-likeness (QED) is 0.0197. The van der Waals surface area contributed by atoms with E-state index in [9.17, 15) is 23.8 Å². The van der Waals surface area contributed by atoms with Crippen molar-refractivity contribution >= 4 is 27.1 Å². The van der Waals surface area contributed by atoms with Gasteiger partial charge in [0, 0.05) is 0 Å². The molecule has 75 heavy (non-hydrogen) atoms. The molecule has 0 aliphatic rings. The first-order chi connectivity index (χ1) is 36.3. The molecule has 0 spiro atoms. The van der Waals surface area contributed by atoms with E-state index in [2.05, 4.69) is 0 Å². The Morgan fingerprint density at radius 2 is 0.600 bits per heavy atom. The Balaban J connectivity index is 1.02. The Morgan fingerprint density at radius 3 is 0.827 bits per heavy atom. The van der Waals surface area contributed by atoms with Crippen molar-refractivity contribution < 1.29 is 46.7 Å². The van der Waals surface area contributed by atoms with Crippen LogP contribution in [0.5, 0.6) is 0 Å². The second-order valence-electron chi connectivity index (χ2n) is 21.6. The lowest BCUT2D eigenvalue weighted by molar-refractivity contribution is -0.178. The van der Waals surface area contributed by atoms with E-state index in [4.69, 9.17) is 22.8 Å². The van der Waals surface area contributed by atoms with Crippen molar-refractivity contribution in [1.29, 1.82) is 0 Å². The third-order valence-corrected chi connectivity index (χ3v) is 17.7. The number of ether oxygens (including phenoxy) is 1. The summed E-state index contributed by atoms with van der Waals surface area (Å²) in [5, 5.41) is 10.5. The fourth-order valence-electron chi connectivity index (χ4n) is 9.33. The molecule has 0 saturated carbocycles. The Bertz CT molecular complexity index is 1950. The van der Waals surface area contributed by atoms with Crippen LogP contribution < -0.4 is 0 Å². The number of benzene rings is 4. The number of carbonyl (C=O) groups excluding carboxylic acids is 1. The van der Waals surface area contributed by atoms with Crippen molar-refractivity contribution in [3.8, 4) is 0 Å². The maximum absolute atomic E-state index is 13.7. The molecular formula is C63H94O10P2. The van der Waals surface area contributed by atoms with Crippen molar-refractivity contribution in [2.24, 2.45) is 5.41 Å². The summed E-state index contributed by atoms with van der Waals surface area (Å²) in [6.45, 7) is 6.49. The summed E-state index contributed by atoms with van der Waals surface area (Å²) in [5.41, 5.74) is 1.65. The number of esters is 1. The van der Waals surface area contributed by atoms with Crippen molar-refractivity contribution in [2.45, 2.75) is 220 Å². The average molecular weight is 1070 g/mol. The highest BCUT2D eigenvalue weighted by molar-refractivity contribution is 7.54. The van der Waals surface area contributed by atoms with E-state index in [-0.39, 0.29) is 26.4 Å². The van der Waals surface area contributed by atoms with E-state index in [0.29, 0.717) is 38.0 Å². The molecule has 10 nitrogen and oxygen atoms in total. The molecule has 12 heteroatoms. The Morgan fingerprint density at radius 1 is 0.373 bits per heavy atom. The number of carbonyl (C=O) groups is 2. The zero-order valence-corrected chi connectivity index (χ0v) is 48.0. The van der Waals surface area contributed by atoms with Gasteiger partial charge in [-0.25, -0.2) is 0 Å². The molecule has 4 aromatic rings. The lowest BCUT2D eigenvalue weighted by Crippen LogP contribution is -2.43. The normalized spacial score (nSPS) is 12.3. The van der Waals surface area contributed by atoms with E-state index < -0.39 is 38.1 Å². The van der Waals surface area contributed by atoms with Gasteiger partial charge in [0.25, 0.3) is 0 Å². The van der Waals surface area contributed by atoms with Crippen molar-refractivity contribution in [3.05, 3.63) is 144 Å². The molecule has 0 unspecified atom stereocenters. The lowest BCUT2D eigenvalue weighted by atomic mass is 9.77. The van der Waals surface area contributed by atoms with Gasteiger partial charge in [0.05, 0.1) is 38.8 Å². The van der Waals surface area contributed by atoms with Crippen LogP contribution in [0.25, 0.3) is 0 Å². The predicted molar refractivity (Wildman–Crippen MR) is 306 cm³/mol. The minimum atomic E-state index is -3.25. The average Bonchev–Trinajstić information content (AvgIpc) is 3.41. The largest absolute Gasteiger partial charge is 0.480 e. The number of carboxylic acid groups (broad SMARTS) is 1. The summed E-state index contributed by atoms with van der Waals surface area (Å²) in [4.78, 5) is 26.5. The SMILES string of the molecule is CC(C)(C)OC(=O)C(CCCCCCCCCCCCCCP(=O)(OCc1ccccc1)OCc1ccccc1)(CCCCCCCCCCCCCCP(=O)(OCc1ccccc1)OCc1ccccc1)C(=O)O. The van der Waals surface area contributed by atoms with Gasteiger partial charge in [0.15, 0.2) is 5.41 Å². The summed E-state index contributed by atoms with van der Waals surface area (Å²) >= 11 is 0. The summed E-state index contributed by atoms with van der Waals surface area (Å²) in [5.74, 6) is -1.65. The fraction of sp³-hybridized carbons (Fsp3) is 0.587. The molecule has 0 heterocycles. The van der Waals surface area contributed by atoms with Gasteiger partial charge in [-0.3, -0.25) is 18.7 Å². The van der Waals surface area contributed by atoms with E-state index in [1.165, 1.54) is 38.5 Å². The molecular weight excluding hydrogens is 979 g/mol. The maximum atomic E-state index is 13.7. The maximum Gasteiger partial charge on any atom is 0.331 e. The van der Waals surface area contributed by atoms with Gasteiger partial charge < -0.3 is 27.9 Å². The van der Waals surface area contributed by atoms with Crippen LogP contribution in [-0.4, -0.2) is 35.0 Å². The molecule has 0 bridgehead atoms. The number of hydrogen-bond acceptors (Lipinski definition) is 9. The number of unbranched alkanes of at least 4 members (excludes halogenated alkanes) is 22. The lowest BCUT2D eigenvalue weighted by Gasteiger charge is -2.31. The molecule has 0 aromatic heterocycles. The van der Waals surface area contributed by atoms with Crippen LogP contribution in [0.1, 0.15) is 210 Å². The van der Waals surface area contributed by atoms with Gasteiger partial charge in [0.1, 0.15) is 5.60 Å². The zero-order chi connectivity index (χ0) is 53.8. The molecule has 0 saturated heterocycles. The van der Waals surface area contributed by atoms with Crippen LogP contribution in [-0.2, 0) is 68.0 Å². The third-order valence-electron chi connectivity index (χ3n) is 13.9. The Labute approximate surface area is 452 Å². The van der Waals surface area contributed by atoms with Gasteiger partial charge in [-0.1, -0.05) is 263 Å². The molecule has 0 aliphatic heterocycles. The molecule has 0 amide bonds. The number of aliphatic carboxylic acids is 1. The molecule has 4 rings (SSSR count). The van der Waals surface area contributed by atoms with E-state index in [1.807, 2.05) is 121 Å². The first-order valence-corrected chi connectivity index (χ1v) is 32.1. The van der Waals surface area contributed by atoms with Crippen molar-refractivity contribution in [2.75, 3.05) is 12.3 Å². The Hall–Kier alpha value is -3.88. The minimum absolute atomic E-state index is 0.269. The third kappa shape index (κ3) is 28.4. The molecule has 1 N–H and O–H groups in total. The van der Waals surface area contributed by atoms with Crippen LogP contribution in [0.4, 0.5) is 0 Å². The van der Waals surface area contributed by atoms with Gasteiger partial charge >= 0.3 is 27.1 Å². The van der Waals surface area contributed by atoms with Crippen LogP contribution in [0.3, 0.4) is 0 Å². The highest BCUT2D eigenvalue weighted by Gasteiger charge is 2.47. The number of carboxylic acids is 1. The van der Waals surface area contributed by atoms with E-state index in [0.717, 1.165) is 125 Å². The van der Waals surface area contributed by atoms with Crippen molar-refractivity contribution in [3.63, 3.8) is 0 Å². The minimum Gasteiger partial charge on any atom is -0.480 e. The van der Waals surface area contributed by atoms with Gasteiger partial charge in [-0.05, 0) is 68.7 Å². The molecule has 0 radical (unpaired) electrons. The summed E-state index contributed by atoms with van der Waals surface area (Å²) in [6.07, 6.45) is 26.4. The summed E-state index contributed by atoms with van der Waals surface area (Å²) in [7, 11) is -6.50. The monoisotopic (exact) mass is 1070 g/mol.